The third-order valence-corrected chi connectivity index (χ3v) is 5.66. The van der Waals surface area contributed by atoms with E-state index in [-0.39, 0.29) is 18.0 Å². The van der Waals surface area contributed by atoms with Gasteiger partial charge in [0.2, 0.25) is 0 Å². The topological polar surface area (TPSA) is 84.0 Å². The van der Waals surface area contributed by atoms with Crippen LogP contribution in [0.4, 0.5) is 11.4 Å². The zero-order valence-corrected chi connectivity index (χ0v) is 17.5. The van der Waals surface area contributed by atoms with Crippen molar-refractivity contribution < 1.29 is 23.2 Å². The fourth-order valence-corrected chi connectivity index (χ4v) is 4.16. The summed E-state index contributed by atoms with van der Waals surface area (Å²) in [6, 6.07) is 24.5. The average Bonchev–Trinajstić information content (AvgIpc) is 3.61. The molecule has 0 N–H and O–H groups in total. The van der Waals surface area contributed by atoms with Gasteiger partial charge in [-0.1, -0.05) is 36.4 Å². The smallest absolute Gasteiger partial charge is 0.259 e. The molecule has 1 atom stereocenters. The van der Waals surface area contributed by atoms with Gasteiger partial charge in [-0.2, -0.15) is 0 Å². The van der Waals surface area contributed by atoms with Crippen LogP contribution in [0.1, 0.15) is 28.7 Å². The fourth-order valence-electron chi connectivity index (χ4n) is 4.16. The molecule has 1 saturated heterocycles. The van der Waals surface area contributed by atoms with Crippen LogP contribution >= 0.6 is 0 Å². The number of amides is 2. The van der Waals surface area contributed by atoms with Crippen LogP contribution in [0.5, 0.6) is 0 Å². The van der Waals surface area contributed by atoms with Crippen molar-refractivity contribution in [2.24, 2.45) is 5.92 Å². The van der Waals surface area contributed by atoms with E-state index in [9.17, 15) is 14.4 Å². The number of hydrazine groups is 1. The Morgan fingerprint density at radius 3 is 1.76 bits per heavy atom. The molecule has 0 aliphatic carbocycles. The molecule has 2 aromatic carbocycles. The van der Waals surface area contributed by atoms with Gasteiger partial charge in [0.25, 0.3) is 11.8 Å². The van der Waals surface area contributed by atoms with E-state index in [1.165, 1.54) is 22.5 Å². The summed E-state index contributed by atoms with van der Waals surface area (Å²) in [6.45, 7) is 0. The summed E-state index contributed by atoms with van der Waals surface area (Å²) in [6.07, 6.45) is 2.76. The lowest BCUT2D eigenvalue weighted by atomic mass is 9.84. The molecule has 0 saturated carbocycles. The van der Waals surface area contributed by atoms with Crippen molar-refractivity contribution in [3.8, 4) is 0 Å². The molecule has 164 valence electrons. The molecule has 2 amide bonds. The normalized spacial score (nSPS) is 15.3. The maximum absolute atomic E-state index is 13.8. The van der Waals surface area contributed by atoms with Crippen LogP contribution in [0.2, 0.25) is 0 Å². The highest BCUT2D eigenvalue weighted by atomic mass is 16.3. The molecular weight excluding hydrogens is 420 g/mol. The third-order valence-electron chi connectivity index (χ3n) is 5.66. The zero-order valence-electron chi connectivity index (χ0n) is 17.5. The van der Waals surface area contributed by atoms with Crippen LogP contribution < -0.4 is 10.0 Å². The number of rotatable bonds is 7. The Kier molecular flexibility index (Phi) is 5.36. The minimum absolute atomic E-state index is 0.117. The van der Waals surface area contributed by atoms with E-state index in [0.717, 1.165) is 0 Å². The number of ketones is 1. The summed E-state index contributed by atoms with van der Waals surface area (Å²) in [4.78, 5) is 40.5. The van der Waals surface area contributed by atoms with Gasteiger partial charge in [0.15, 0.2) is 11.5 Å². The molecule has 7 nitrogen and oxygen atoms in total. The van der Waals surface area contributed by atoms with Gasteiger partial charge in [0.05, 0.1) is 23.9 Å². The summed E-state index contributed by atoms with van der Waals surface area (Å²) < 4.78 is 10.8. The maximum atomic E-state index is 13.8. The Labute approximate surface area is 189 Å². The second-order valence-corrected chi connectivity index (χ2v) is 7.68. The van der Waals surface area contributed by atoms with Gasteiger partial charge in [0.1, 0.15) is 11.7 Å². The van der Waals surface area contributed by atoms with Crippen LogP contribution in [0.15, 0.2) is 106 Å². The quantitative estimate of drug-likeness (QED) is 0.303. The van der Waals surface area contributed by atoms with E-state index in [1.807, 2.05) is 12.1 Å². The van der Waals surface area contributed by atoms with Crippen LogP contribution in [0.25, 0.3) is 0 Å². The highest BCUT2D eigenvalue weighted by molar-refractivity contribution is 6.23. The summed E-state index contributed by atoms with van der Waals surface area (Å²) in [5.74, 6) is -2.54. The molecule has 4 aromatic rings. The van der Waals surface area contributed by atoms with Crippen molar-refractivity contribution in [3.63, 3.8) is 0 Å². The Balaban J connectivity index is 1.58. The number of hydrogen-bond acceptors (Lipinski definition) is 5. The largest absolute Gasteiger partial charge is 0.469 e. The number of carbonyl (C=O) groups is 3. The summed E-state index contributed by atoms with van der Waals surface area (Å²) in [7, 11) is 0. The van der Waals surface area contributed by atoms with Gasteiger partial charge in [-0.25, -0.2) is 10.0 Å². The molecule has 5 rings (SSSR count). The standard InChI is InChI=1S/C26H20N2O5/c29-21(23-14-8-16-33-23)17-20(22-13-7-15-32-22)24-25(30)27(18-9-3-1-4-10-18)28(26(24)31)19-11-5-2-6-12-19/h1-16,20,24H,17H2. The maximum Gasteiger partial charge on any atom is 0.259 e. The number of furan rings is 2. The lowest BCUT2D eigenvalue weighted by Crippen LogP contribution is -2.41. The van der Waals surface area contributed by atoms with Gasteiger partial charge in [0, 0.05) is 12.3 Å². The van der Waals surface area contributed by atoms with Crippen LogP contribution in [0.3, 0.4) is 0 Å². The van der Waals surface area contributed by atoms with E-state index in [2.05, 4.69) is 0 Å². The molecule has 3 heterocycles. The molecule has 33 heavy (non-hydrogen) atoms. The molecule has 2 aromatic heterocycles. The first-order valence-corrected chi connectivity index (χ1v) is 10.5. The number of nitrogens with zero attached hydrogens (tertiary/aromatic N) is 2. The second kappa shape index (κ2) is 8.63. The minimum Gasteiger partial charge on any atom is -0.469 e. The predicted octanol–water partition coefficient (Wildman–Crippen LogP) is 4.84. The number of carbonyl (C=O) groups excluding carboxylic acids is 3. The van der Waals surface area contributed by atoms with Crippen LogP contribution in [-0.4, -0.2) is 17.6 Å². The Morgan fingerprint density at radius 1 is 0.727 bits per heavy atom. The van der Waals surface area contributed by atoms with E-state index in [1.54, 1.807) is 72.8 Å². The van der Waals surface area contributed by atoms with E-state index >= 15 is 0 Å². The Bertz CT molecular complexity index is 1190. The van der Waals surface area contributed by atoms with Crippen molar-refractivity contribution in [1.82, 2.24) is 0 Å². The summed E-state index contributed by atoms with van der Waals surface area (Å²) in [5.41, 5.74) is 1.11. The zero-order chi connectivity index (χ0) is 22.8. The molecular formula is C26H20N2O5. The molecule has 1 unspecified atom stereocenters. The minimum atomic E-state index is -1.14. The van der Waals surface area contributed by atoms with Gasteiger partial charge in [-0.15, -0.1) is 0 Å². The number of anilines is 2. The molecule has 1 aliphatic heterocycles. The first kappa shape index (κ1) is 20.5. The van der Waals surface area contributed by atoms with E-state index in [4.69, 9.17) is 8.83 Å². The molecule has 1 aliphatic rings. The van der Waals surface area contributed by atoms with Gasteiger partial charge < -0.3 is 8.83 Å². The van der Waals surface area contributed by atoms with Crippen LogP contribution in [-0.2, 0) is 9.59 Å². The van der Waals surface area contributed by atoms with E-state index in [0.29, 0.717) is 17.1 Å². The van der Waals surface area contributed by atoms with Gasteiger partial charge in [-0.3, -0.25) is 14.4 Å². The lowest BCUT2D eigenvalue weighted by Gasteiger charge is -2.27. The Morgan fingerprint density at radius 2 is 1.27 bits per heavy atom. The van der Waals surface area contributed by atoms with Gasteiger partial charge >= 0.3 is 0 Å². The van der Waals surface area contributed by atoms with Crippen LogP contribution in [0, 0.1) is 5.92 Å². The average molecular weight is 440 g/mol. The monoisotopic (exact) mass is 440 g/mol. The van der Waals surface area contributed by atoms with Crippen molar-refractivity contribution in [2.75, 3.05) is 10.0 Å². The van der Waals surface area contributed by atoms with Crippen molar-refractivity contribution in [1.29, 1.82) is 0 Å². The molecule has 0 radical (unpaired) electrons. The van der Waals surface area contributed by atoms with Crippen molar-refractivity contribution in [3.05, 3.63) is 109 Å². The first-order valence-electron chi connectivity index (χ1n) is 10.5. The second-order valence-electron chi connectivity index (χ2n) is 7.68. The summed E-state index contributed by atoms with van der Waals surface area (Å²) >= 11 is 0. The molecule has 0 bridgehead atoms. The molecule has 1 fully saturated rings. The SMILES string of the molecule is O=C(CC(c1ccco1)C1C(=O)N(c2ccccc2)N(c2ccccc2)C1=O)c1ccco1. The highest BCUT2D eigenvalue weighted by Crippen LogP contribution is 2.40. The third kappa shape index (κ3) is 3.74. The number of Topliss-reactive ketones (excluding diaryl/α,β-unsaturated/α-hetero) is 1. The number of benzene rings is 2. The van der Waals surface area contributed by atoms with Crippen molar-refractivity contribution >= 4 is 29.0 Å². The van der Waals surface area contributed by atoms with E-state index < -0.39 is 23.7 Å². The number of para-hydroxylation sites is 2. The van der Waals surface area contributed by atoms with Gasteiger partial charge in [-0.05, 0) is 48.5 Å². The number of hydrogen-bond donors (Lipinski definition) is 0. The fraction of sp³-hybridized carbons (Fsp3) is 0.115. The van der Waals surface area contributed by atoms with Crippen molar-refractivity contribution in [2.45, 2.75) is 12.3 Å². The Hall–Kier alpha value is -4.39. The highest BCUT2D eigenvalue weighted by Gasteiger charge is 2.52. The predicted molar refractivity (Wildman–Crippen MR) is 120 cm³/mol. The summed E-state index contributed by atoms with van der Waals surface area (Å²) in [5, 5.41) is 2.74. The molecule has 7 heteroatoms. The lowest BCUT2D eigenvalue weighted by molar-refractivity contribution is -0.128. The first-order chi connectivity index (χ1) is 16.1. The molecule has 0 spiro atoms.